The molecule has 2 unspecified atom stereocenters. The van der Waals surface area contributed by atoms with Crippen LogP contribution >= 0.6 is 0 Å². The number of carbonyl (C=O) groups excluding carboxylic acids is 1. The molecule has 1 saturated carbocycles. The minimum atomic E-state index is -0.936. The molecule has 0 radical (unpaired) electrons. The van der Waals surface area contributed by atoms with Crippen LogP contribution in [0.1, 0.15) is 44.1 Å². The van der Waals surface area contributed by atoms with Gasteiger partial charge in [-0.25, -0.2) is 8.78 Å². The first-order valence-electron chi connectivity index (χ1n) is 7.94. The maximum absolute atomic E-state index is 13.6. The van der Waals surface area contributed by atoms with Gasteiger partial charge in [0, 0.05) is 11.6 Å². The van der Waals surface area contributed by atoms with Gasteiger partial charge >= 0.3 is 5.97 Å². The molecule has 23 heavy (non-hydrogen) atoms. The van der Waals surface area contributed by atoms with Crippen molar-refractivity contribution in [1.82, 2.24) is 5.32 Å². The monoisotopic (exact) mass is 325 g/mol. The number of hydrogen-bond acceptors (Lipinski definition) is 2. The van der Waals surface area contributed by atoms with Gasteiger partial charge in [0.1, 0.15) is 11.6 Å². The molecule has 0 spiro atoms. The average Bonchev–Trinajstić information content (AvgIpc) is 2.45. The van der Waals surface area contributed by atoms with Crippen molar-refractivity contribution in [1.29, 1.82) is 0 Å². The molecule has 1 aromatic rings. The standard InChI is InChI=1S/C17H21F2NO3/c18-13-7-5-8-14(19)12(13)10-16(21)20-15-9-4-2-1-3-6-11(15)17(22)23/h5,7-8,11,15H,1-4,6,9-10H2,(H,20,21)(H,22,23). The molecule has 1 aliphatic carbocycles. The van der Waals surface area contributed by atoms with E-state index in [9.17, 15) is 23.5 Å². The number of amides is 1. The van der Waals surface area contributed by atoms with E-state index < -0.39 is 41.9 Å². The Balaban J connectivity index is 2.05. The summed E-state index contributed by atoms with van der Waals surface area (Å²) in [4.78, 5) is 23.5. The van der Waals surface area contributed by atoms with Crippen LogP contribution in [0.4, 0.5) is 8.78 Å². The van der Waals surface area contributed by atoms with Crippen molar-refractivity contribution >= 4 is 11.9 Å². The molecule has 0 heterocycles. The lowest BCUT2D eigenvalue weighted by atomic mass is 9.86. The maximum atomic E-state index is 13.6. The smallest absolute Gasteiger partial charge is 0.308 e. The molecule has 6 heteroatoms. The van der Waals surface area contributed by atoms with E-state index >= 15 is 0 Å². The normalized spacial score (nSPS) is 22.0. The zero-order valence-corrected chi connectivity index (χ0v) is 12.9. The van der Waals surface area contributed by atoms with Crippen molar-refractivity contribution in [2.75, 3.05) is 0 Å². The minimum Gasteiger partial charge on any atom is -0.481 e. The van der Waals surface area contributed by atoms with Crippen LogP contribution < -0.4 is 5.32 Å². The number of nitrogens with one attached hydrogen (secondary N) is 1. The largest absolute Gasteiger partial charge is 0.481 e. The highest BCUT2D eigenvalue weighted by atomic mass is 19.1. The predicted octanol–water partition coefficient (Wildman–Crippen LogP) is 3.05. The second-order valence-electron chi connectivity index (χ2n) is 5.99. The van der Waals surface area contributed by atoms with Crippen LogP contribution in [0.5, 0.6) is 0 Å². The molecular formula is C17H21F2NO3. The third-order valence-electron chi connectivity index (χ3n) is 4.33. The van der Waals surface area contributed by atoms with Gasteiger partial charge in [-0.2, -0.15) is 0 Å². The van der Waals surface area contributed by atoms with E-state index in [1.807, 2.05) is 0 Å². The fraction of sp³-hybridized carbons (Fsp3) is 0.529. The molecule has 2 N–H and O–H groups in total. The van der Waals surface area contributed by atoms with Gasteiger partial charge in [0.05, 0.1) is 12.3 Å². The van der Waals surface area contributed by atoms with E-state index in [2.05, 4.69) is 5.32 Å². The number of carbonyl (C=O) groups is 2. The fourth-order valence-corrected chi connectivity index (χ4v) is 3.07. The SMILES string of the molecule is O=C(Cc1c(F)cccc1F)NC1CCCCCCC1C(=O)O. The van der Waals surface area contributed by atoms with E-state index in [1.54, 1.807) is 0 Å². The van der Waals surface area contributed by atoms with Crippen LogP contribution in [0.15, 0.2) is 18.2 Å². The van der Waals surface area contributed by atoms with Crippen molar-refractivity contribution in [3.8, 4) is 0 Å². The molecule has 0 saturated heterocycles. The van der Waals surface area contributed by atoms with Gasteiger partial charge in [-0.05, 0) is 25.0 Å². The number of benzene rings is 1. The summed E-state index contributed by atoms with van der Waals surface area (Å²) < 4.78 is 27.2. The Morgan fingerprint density at radius 2 is 1.70 bits per heavy atom. The lowest BCUT2D eigenvalue weighted by Gasteiger charge is -2.27. The first-order valence-corrected chi connectivity index (χ1v) is 7.94. The van der Waals surface area contributed by atoms with Gasteiger partial charge in [0.15, 0.2) is 0 Å². The summed E-state index contributed by atoms with van der Waals surface area (Å²) in [5, 5.41) is 12.0. The minimum absolute atomic E-state index is 0.289. The summed E-state index contributed by atoms with van der Waals surface area (Å²) in [7, 11) is 0. The zero-order valence-electron chi connectivity index (χ0n) is 12.9. The number of carboxylic acids is 1. The van der Waals surface area contributed by atoms with Gasteiger partial charge in [0.2, 0.25) is 5.91 Å². The Kier molecular flexibility index (Phi) is 6.07. The van der Waals surface area contributed by atoms with E-state index in [0.29, 0.717) is 12.8 Å². The van der Waals surface area contributed by atoms with Gasteiger partial charge < -0.3 is 10.4 Å². The summed E-state index contributed by atoms with van der Waals surface area (Å²) in [6, 6.07) is 2.94. The van der Waals surface area contributed by atoms with E-state index in [0.717, 1.165) is 37.8 Å². The van der Waals surface area contributed by atoms with Gasteiger partial charge in [-0.1, -0.05) is 31.7 Å². The number of rotatable bonds is 4. The number of hydrogen-bond donors (Lipinski definition) is 2. The fourth-order valence-electron chi connectivity index (χ4n) is 3.07. The molecule has 0 aliphatic heterocycles. The molecule has 0 bridgehead atoms. The Morgan fingerprint density at radius 3 is 2.30 bits per heavy atom. The maximum Gasteiger partial charge on any atom is 0.308 e. The number of halogens is 2. The second kappa shape index (κ2) is 8.04. The van der Waals surface area contributed by atoms with Crippen LogP contribution in [-0.4, -0.2) is 23.0 Å². The Hall–Kier alpha value is -1.98. The summed E-state index contributed by atoms with van der Waals surface area (Å²) in [5.41, 5.74) is -0.289. The lowest BCUT2D eigenvalue weighted by molar-refractivity contribution is -0.143. The lowest BCUT2D eigenvalue weighted by Crippen LogP contribution is -2.44. The first kappa shape index (κ1) is 17.4. The predicted molar refractivity (Wildman–Crippen MR) is 80.8 cm³/mol. The summed E-state index contributed by atoms with van der Waals surface area (Å²) in [6.07, 6.45) is 4.29. The van der Waals surface area contributed by atoms with E-state index in [4.69, 9.17) is 0 Å². The summed E-state index contributed by atoms with van der Waals surface area (Å²) in [6.45, 7) is 0. The van der Waals surface area contributed by atoms with Gasteiger partial charge in [0.25, 0.3) is 0 Å². The van der Waals surface area contributed by atoms with Crippen LogP contribution in [0.25, 0.3) is 0 Å². The number of carboxylic acid groups (broad SMARTS) is 1. The molecule has 126 valence electrons. The molecular weight excluding hydrogens is 304 g/mol. The van der Waals surface area contributed by atoms with Crippen LogP contribution in [0.3, 0.4) is 0 Å². The van der Waals surface area contributed by atoms with Crippen molar-refractivity contribution in [3.05, 3.63) is 35.4 Å². The molecule has 1 amide bonds. The highest BCUT2D eigenvalue weighted by molar-refractivity contribution is 5.80. The molecule has 0 aromatic heterocycles. The van der Waals surface area contributed by atoms with Crippen molar-refractivity contribution < 1.29 is 23.5 Å². The quantitative estimate of drug-likeness (QED) is 0.894. The van der Waals surface area contributed by atoms with Crippen molar-refractivity contribution in [2.45, 2.75) is 51.0 Å². The van der Waals surface area contributed by atoms with Crippen molar-refractivity contribution in [2.24, 2.45) is 5.92 Å². The van der Waals surface area contributed by atoms with E-state index in [1.165, 1.54) is 6.07 Å². The summed E-state index contributed by atoms with van der Waals surface area (Å²) in [5.74, 6) is -3.68. The van der Waals surface area contributed by atoms with E-state index in [-0.39, 0.29) is 5.56 Å². The van der Waals surface area contributed by atoms with Crippen LogP contribution in [-0.2, 0) is 16.0 Å². The average molecular weight is 325 g/mol. The molecule has 1 aromatic carbocycles. The first-order chi connectivity index (χ1) is 11.0. The third-order valence-corrected chi connectivity index (χ3v) is 4.33. The van der Waals surface area contributed by atoms with Gasteiger partial charge in [-0.15, -0.1) is 0 Å². The number of aliphatic carboxylic acids is 1. The third kappa shape index (κ3) is 4.74. The molecule has 4 nitrogen and oxygen atoms in total. The molecule has 2 atom stereocenters. The highest BCUT2D eigenvalue weighted by Crippen LogP contribution is 2.23. The Labute approximate surface area is 133 Å². The second-order valence-corrected chi connectivity index (χ2v) is 5.99. The Morgan fingerprint density at radius 1 is 1.09 bits per heavy atom. The molecule has 1 aliphatic rings. The highest BCUT2D eigenvalue weighted by Gasteiger charge is 2.30. The van der Waals surface area contributed by atoms with Gasteiger partial charge in [-0.3, -0.25) is 9.59 Å². The summed E-state index contributed by atoms with van der Waals surface area (Å²) >= 11 is 0. The topological polar surface area (TPSA) is 66.4 Å². The zero-order chi connectivity index (χ0) is 16.8. The Bertz CT molecular complexity index is 557. The molecule has 1 fully saturated rings. The van der Waals surface area contributed by atoms with Crippen LogP contribution in [0, 0.1) is 17.6 Å². The molecule has 2 rings (SSSR count). The van der Waals surface area contributed by atoms with Crippen LogP contribution in [0.2, 0.25) is 0 Å². The van der Waals surface area contributed by atoms with Crippen molar-refractivity contribution in [3.63, 3.8) is 0 Å².